The molecule has 3 saturated heterocycles. The van der Waals surface area contributed by atoms with E-state index in [4.69, 9.17) is 28.4 Å². The molecule has 1 unspecified atom stereocenters. The van der Waals surface area contributed by atoms with Gasteiger partial charge < -0.3 is 28.4 Å². The fraction of sp³-hybridized carbons (Fsp3) is 0.613. The number of rotatable bonds is 14. The van der Waals surface area contributed by atoms with Crippen molar-refractivity contribution in [2.45, 2.75) is 114 Å². The van der Waals surface area contributed by atoms with E-state index in [-0.39, 0.29) is 24.4 Å². The maximum Gasteiger partial charge on any atom is 0.190 e. The Morgan fingerprint density at radius 1 is 0.868 bits per heavy atom. The average Bonchev–Trinajstić information content (AvgIpc) is 3.47. The minimum absolute atomic E-state index is 0.239. The Hall–Kier alpha value is -1.58. The molecule has 3 aliphatic rings. The lowest BCUT2D eigenvalue weighted by Gasteiger charge is -2.29. The lowest BCUT2D eigenvalue weighted by Crippen LogP contribution is -2.44. The molecule has 0 radical (unpaired) electrons. The highest BCUT2D eigenvalue weighted by Crippen LogP contribution is 2.42. The smallest absolute Gasteiger partial charge is 0.190 e. The van der Waals surface area contributed by atoms with Crippen LogP contribution in [0.15, 0.2) is 62.2 Å². The molecule has 5 atom stereocenters. The molecule has 0 amide bonds. The summed E-state index contributed by atoms with van der Waals surface area (Å²) in [5.74, 6) is -1.35. The van der Waals surface area contributed by atoms with Crippen LogP contribution >= 0.6 is 0 Å². The van der Waals surface area contributed by atoms with Gasteiger partial charge in [0.1, 0.15) is 24.4 Å². The Labute approximate surface area is 230 Å². The van der Waals surface area contributed by atoms with Crippen molar-refractivity contribution in [2.75, 3.05) is 6.61 Å². The van der Waals surface area contributed by atoms with Crippen molar-refractivity contribution >= 4 is 8.07 Å². The van der Waals surface area contributed by atoms with E-state index in [0.29, 0.717) is 13.2 Å². The van der Waals surface area contributed by atoms with Gasteiger partial charge in [0.05, 0.1) is 21.3 Å². The molecule has 38 heavy (non-hydrogen) atoms. The first-order chi connectivity index (χ1) is 18.1. The van der Waals surface area contributed by atoms with E-state index in [0.717, 1.165) is 30.1 Å². The minimum Gasteiger partial charge on any atom is -0.368 e. The van der Waals surface area contributed by atoms with Gasteiger partial charge in [0.2, 0.25) is 0 Å². The molecule has 0 spiro atoms. The van der Waals surface area contributed by atoms with Crippen LogP contribution in [-0.2, 0) is 41.4 Å². The van der Waals surface area contributed by atoms with Crippen LogP contribution in [0.1, 0.15) is 45.2 Å². The number of aryl methyl sites for hydroxylation is 1. The van der Waals surface area contributed by atoms with Gasteiger partial charge in [-0.3, -0.25) is 0 Å². The Morgan fingerprint density at radius 2 is 1.50 bits per heavy atom. The summed E-state index contributed by atoms with van der Waals surface area (Å²) in [5.41, 5.74) is 2.47. The van der Waals surface area contributed by atoms with E-state index in [1.165, 1.54) is 18.0 Å². The molecule has 0 bridgehead atoms. The summed E-state index contributed by atoms with van der Waals surface area (Å²) in [6.07, 6.45) is 6.84. The third-order valence-corrected chi connectivity index (χ3v) is 12.7. The van der Waals surface area contributed by atoms with Crippen LogP contribution in [0.4, 0.5) is 0 Å². The fourth-order valence-electron chi connectivity index (χ4n) is 6.01. The molecule has 0 aromatic heterocycles. The second-order valence-corrected chi connectivity index (χ2v) is 16.6. The van der Waals surface area contributed by atoms with Gasteiger partial charge >= 0.3 is 0 Å². The number of fused-ring (bicyclic) bond motifs is 1. The predicted octanol–water partition coefficient (Wildman–Crippen LogP) is 6.54. The monoisotopic (exact) mass is 542 g/mol. The van der Waals surface area contributed by atoms with E-state index in [1.54, 1.807) is 0 Å². The van der Waals surface area contributed by atoms with Gasteiger partial charge in [0, 0.05) is 0 Å². The molecule has 0 N–H and O–H groups in total. The van der Waals surface area contributed by atoms with Crippen LogP contribution < -0.4 is 0 Å². The average molecular weight is 543 g/mol. The summed E-state index contributed by atoms with van der Waals surface area (Å²) in [5, 5.41) is 0. The maximum absolute atomic E-state index is 6.45. The second kappa shape index (κ2) is 12.3. The van der Waals surface area contributed by atoms with Crippen molar-refractivity contribution in [1.82, 2.24) is 0 Å². The SMILES string of the molecule is C=CC[Si](CC=C)(CC=C)CCCc1ccc(CO[C@H]2C([C@H]3COC(C)(C)O3)O[C@@H]3OC(C)(C)O[C@@H]32)cc1. The first-order valence-corrected chi connectivity index (χ1v) is 16.8. The van der Waals surface area contributed by atoms with E-state index in [2.05, 4.69) is 62.2 Å². The standard InChI is InChI=1S/C31H46O6Si/c1-8-17-38(18-9-2,19-10-3)20-11-12-23-13-15-24(16-14-23)21-32-27-26(25-22-33-30(4,5)35-25)34-29-28(27)36-31(6,7)37-29/h8-10,13-16,25-29H,1-3,11-12,17-22H2,4-7H3/t25-,26?,27+,28-,29-/m1/s1. The highest BCUT2D eigenvalue weighted by atomic mass is 28.3. The maximum atomic E-state index is 6.45. The summed E-state index contributed by atoms with van der Waals surface area (Å²) in [4.78, 5) is 0. The lowest BCUT2D eigenvalue weighted by molar-refractivity contribution is -0.236. The van der Waals surface area contributed by atoms with Crippen molar-refractivity contribution in [2.24, 2.45) is 0 Å². The molecule has 210 valence electrons. The zero-order chi connectivity index (χ0) is 27.4. The third kappa shape index (κ3) is 7.13. The lowest BCUT2D eigenvalue weighted by atomic mass is 10.1. The van der Waals surface area contributed by atoms with Gasteiger partial charge in [-0.25, -0.2) is 0 Å². The first-order valence-electron chi connectivity index (χ1n) is 13.9. The van der Waals surface area contributed by atoms with Crippen molar-refractivity contribution in [3.05, 3.63) is 73.4 Å². The topological polar surface area (TPSA) is 55.4 Å². The van der Waals surface area contributed by atoms with Crippen LogP contribution in [0, 0.1) is 0 Å². The largest absolute Gasteiger partial charge is 0.368 e. The number of ether oxygens (including phenoxy) is 6. The van der Waals surface area contributed by atoms with Crippen LogP contribution in [-0.4, -0.2) is 57.0 Å². The Kier molecular flexibility index (Phi) is 9.51. The van der Waals surface area contributed by atoms with E-state index in [1.807, 2.05) is 27.7 Å². The summed E-state index contributed by atoms with van der Waals surface area (Å²) in [7, 11) is -1.46. The number of hydrogen-bond acceptors (Lipinski definition) is 6. The van der Waals surface area contributed by atoms with E-state index >= 15 is 0 Å². The van der Waals surface area contributed by atoms with Crippen molar-refractivity contribution in [3.63, 3.8) is 0 Å². The summed E-state index contributed by atoms with van der Waals surface area (Å²) in [6, 6.07) is 13.4. The minimum atomic E-state index is -1.46. The molecule has 6 nitrogen and oxygen atoms in total. The first kappa shape index (κ1) is 29.4. The number of benzene rings is 1. The molecule has 1 aromatic carbocycles. The summed E-state index contributed by atoms with van der Waals surface area (Å²) >= 11 is 0. The zero-order valence-corrected chi connectivity index (χ0v) is 24.7. The highest BCUT2D eigenvalue weighted by molar-refractivity contribution is 6.81. The zero-order valence-electron chi connectivity index (χ0n) is 23.7. The normalized spacial score (nSPS) is 29.7. The Morgan fingerprint density at radius 3 is 2.08 bits per heavy atom. The van der Waals surface area contributed by atoms with Crippen molar-refractivity contribution in [1.29, 1.82) is 0 Å². The Balaban J connectivity index is 1.34. The van der Waals surface area contributed by atoms with E-state index in [9.17, 15) is 0 Å². The highest BCUT2D eigenvalue weighted by Gasteiger charge is 2.58. The van der Waals surface area contributed by atoms with Gasteiger partial charge in [0.15, 0.2) is 17.9 Å². The predicted molar refractivity (Wildman–Crippen MR) is 153 cm³/mol. The molecule has 0 aliphatic carbocycles. The van der Waals surface area contributed by atoms with Crippen molar-refractivity contribution < 1.29 is 28.4 Å². The van der Waals surface area contributed by atoms with Crippen LogP contribution in [0.2, 0.25) is 24.2 Å². The Bertz CT molecular complexity index is 931. The molecule has 3 fully saturated rings. The van der Waals surface area contributed by atoms with Gasteiger partial charge in [-0.15, -0.1) is 19.7 Å². The molecule has 7 heteroatoms. The van der Waals surface area contributed by atoms with Gasteiger partial charge in [-0.05, 0) is 63.4 Å². The fourth-order valence-corrected chi connectivity index (χ4v) is 9.88. The molecule has 3 heterocycles. The molecular weight excluding hydrogens is 496 g/mol. The van der Waals surface area contributed by atoms with Gasteiger partial charge in [-0.2, -0.15) is 0 Å². The summed E-state index contributed by atoms with van der Waals surface area (Å²) < 4.78 is 36.8. The molecular formula is C31H46O6Si. The van der Waals surface area contributed by atoms with E-state index < -0.39 is 25.9 Å². The number of allylic oxidation sites excluding steroid dienone is 3. The van der Waals surface area contributed by atoms with Crippen molar-refractivity contribution in [3.8, 4) is 0 Å². The third-order valence-electron chi connectivity index (χ3n) is 7.79. The van der Waals surface area contributed by atoms with Crippen LogP contribution in [0.5, 0.6) is 0 Å². The van der Waals surface area contributed by atoms with Gasteiger partial charge in [-0.1, -0.05) is 55.0 Å². The molecule has 0 saturated carbocycles. The molecule has 1 aromatic rings. The van der Waals surface area contributed by atoms with Crippen LogP contribution in [0.3, 0.4) is 0 Å². The van der Waals surface area contributed by atoms with Crippen LogP contribution in [0.25, 0.3) is 0 Å². The quantitative estimate of drug-likeness (QED) is 0.197. The van der Waals surface area contributed by atoms with Gasteiger partial charge in [0.25, 0.3) is 0 Å². The molecule has 4 rings (SSSR count). The molecule has 3 aliphatic heterocycles. The summed E-state index contributed by atoms with van der Waals surface area (Å²) in [6.45, 7) is 20.6. The number of hydrogen-bond donors (Lipinski definition) is 0. The second-order valence-electron chi connectivity index (χ2n) is 11.9.